The highest BCUT2D eigenvalue weighted by atomic mass is 14.2. The van der Waals surface area contributed by atoms with Crippen LogP contribution in [-0.4, -0.2) is 0 Å². The van der Waals surface area contributed by atoms with Crippen LogP contribution in [0.2, 0.25) is 0 Å². The summed E-state index contributed by atoms with van der Waals surface area (Å²) in [5.41, 5.74) is 6.90. The van der Waals surface area contributed by atoms with E-state index in [1.807, 2.05) is 0 Å². The third kappa shape index (κ3) is 4.38. The van der Waals surface area contributed by atoms with E-state index in [0.29, 0.717) is 0 Å². The van der Waals surface area contributed by atoms with Crippen molar-refractivity contribution in [2.75, 3.05) is 0 Å². The quantitative estimate of drug-likeness (QED) is 0.486. The number of rotatable bonds is 6. The molecule has 0 radical (unpaired) electrons. The van der Waals surface area contributed by atoms with Gasteiger partial charge in [0.05, 0.1) is 0 Å². The average molecular weight is 319 g/mol. The fraction of sp³-hybridized carbons (Fsp3) is 0.417. The Hall–Kier alpha value is -1.82. The summed E-state index contributed by atoms with van der Waals surface area (Å²) in [5.74, 6) is 0.923. The van der Waals surface area contributed by atoms with Crippen LogP contribution in [0.4, 0.5) is 0 Å². The number of allylic oxidation sites excluding steroid dienone is 2. The lowest BCUT2D eigenvalue weighted by Crippen LogP contribution is -2.05. The molecule has 1 aliphatic carbocycles. The van der Waals surface area contributed by atoms with Gasteiger partial charge in [0.1, 0.15) is 0 Å². The molecule has 0 fully saturated rings. The Morgan fingerprint density at radius 1 is 0.833 bits per heavy atom. The van der Waals surface area contributed by atoms with Crippen molar-refractivity contribution in [2.45, 2.75) is 58.8 Å². The molecule has 0 aromatic heterocycles. The first kappa shape index (κ1) is 17.0. The molecule has 0 nitrogen and oxygen atoms in total. The monoisotopic (exact) mass is 318 g/mol. The maximum atomic E-state index is 2.50. The lowest BCUT2D eigenvalue weighted by Gasteiger charge is -2.22. The molecule has 1 aliphatic rings. The fourth-order valence-electron chi connectivity index (χ4n) is 3.72. The van der Waals surface area contributed by atoms with Crippen molar-refractivity contribution in [1.29, 1.82) is 0 Å². The van der Waals surface area contributed by atoms with Gasteiger partial charge in [-0.25, -0.2) is 0 Å². The van der Waals surface area contributed by atoms with Crippen molar-refractivity contribution in [3.8, 4) is 11.1 Å². The van der Waals surface area contributed by atoms with Gasteiger partial charge in [-0.2, -0.15) is 0 Å². The maximum absolute atomic E-state index is 2.50. The van der Waals surface area contributed by atoms with E-state index in [1.54, 1.807) is 5.57 Å². The van der Waals surface area contributed by atoms with Crippen LogP contribution < -0.4 is 0 Å². The number of hydrogen-bond donors (Lipinski definition) is 0. The number of hydrogen-bond acceptors (Lipinski definition) is 0. The molecule has 0 bridgehead atoms. The molecule has 0 aliphatic heterocycles. The summed E-state index contributed by atoms with van der Waals surface area (Å²) in [5, 5.41) is 0. The topological polar surface area (TPSA) is 0 Å². The van der Waals surface area contributed by atoms with Crippen LogP contribution in [0.5, 0.6) is 0 Å². The minimum absolute atomic E-state index is 0.923. The lowest BCUT2D eigenvalue weighted by atomic mass is 9.83. The zero-order valence-electron chi connectivity index (χ0n) is 15.2. The van der Waals surface area contributed by atoms with Crippen molar-refractivity contribution in [2.24, 2.45) is 5.92 Å². The molecule has 2 aromatic carbocycles. The second-order valence-corrected chi connectivity index (χ2v) is 7.31. The van der Waals surface area contributed by atoms with Crippen molar-refractivity contribution in [3.63, 3.8) is 0 Å². The molecule has 0 amide bonds. The zero-order valence-corrected chi connectivity index (χ0v) is 15.2. The highest BCUT2D eigenvalue weighted by Crippen LogP contribution is 2.33. The van der Waals surface area contributed by atoms with Crippen LogP contribution in [0.25, 0.3) is 16.7 Å². The van der Waals surface area contributed by atoms with Gasteiger partial charge >= 0.3 is 0 Å². The van der Waals surface area contributed by atoms with Gasteiger partial charge in [0.25, 0.3) is 0 Å². The Morgan fingerprint density at radius 2 is 1.46 bits per heavy atom. The van der Waals surface area contributed by atoms with E-state index >= 15 is 0 Å². The molecule has 1 atom stereocenters. The highest BCUT2D eigenvalue weighted by molar-refractivity contribution is 5.71. The molecule has 0 spiro atoms. The minimum Gasteiger partial charge on any atom is -0.0804 e. The fourth-order valence-corrected chi connectivity index (χ4v) is 3.72. The van der Waals surface area contributed by atoms with Crippen molar-refractivity contribution < 1.29 is 0 Å². The summed E-state index contributed by atoms with van der Waals surface area (Å²) in [6.45, 7) is 4.43. The number of unbranched alkanes of at least 4 members (excludes halogenated alkanes) is 2. The molecule has 0 saturated carbocycles. The second-order valence-electron chi connectivity index (χ2n) is 7.31. The van der Waals surface area contributed by atoms with Crippen LogP contribution in [0.15, 0.2) is 54.6 Å². The first-order valence-electron chi connectivity index (χ1n) is 9.63. The van der Waals surface area contributed by atoms with E-state index < -0.39 is 0 Å². The van der Waals surface area contributed by atoms with Gasteiger partial charge in [0.2, 0.25) is 0 Å². The molecule has 3 rings (SSSR count). The van der Waals surface area contributed by atoms with Gasteiger partial charge in [-0.15, -0.1) is 0 Å². The summed E-state index contributed by atoms with van der Waals surface area (Å²) in [4.78, 5) is 0. The summed E-state index contributed by atoms with van der Waals surface area (Å²) in [7, 11) is 0. The smallest absolute Gasteiger partial charge is 0.0184 e. The van der Waals surface area contributed by atoms with Crippen LogP contribution in [0.1, 0.15) is 63.0 Å². The first-order valence-corrected chi connectivity index (χ1v) is 9.63. The Kier molecular flexibility index (Phi) is 5.91. The molecule has 0 heterocycles. The van der Waals surface area contributed by atoms with E-state index in [2.05, 4.69) is 68.5 Å². The van der Waals surface area contributed by atoms with E-state index in [4.69, 9.17) is 0 Å². The van der Waals surface area contributed by atoms with Crippen LogP contribution in [-0.2, 0) is 0 Å². The van der Waals surface area contributed by atoms with Crippen LogP contribution >= 0.6 is 0 Å². The molecule has 0 N–H and O–H groups in total. The third-order valence-corrected chi connectivity index (χ3v) is 5.38. The normalized spacial score (nSPS) is 17.6. The zero-order chi connectivity index (χ0) is 16.8. The van der Waals surface area contributed by atoms with Gasteiger partial charge in [0.15, 0.2) is 0 Å². The SMILES string of the molecule is CCCCCC1CC=C(c2ccc(-c3ccc(C)cc3)cc2)CC1. The van der Waals surface area contributed by atoms with Gasteiger partial charge < -0.3 is 0 Å². The Bertz CT molecular complexity index is 658. The molecular formula is C24H30. The van der Waals surface area contributed by atoms with Gasteiger partial charge in [0, 0.05) is 0 Å². The molecule has 24 heavy (non-hydrogen) atoms. The van der Waals surface area contributed by atoms with E-state index in [9.17, 15) is 0 Å². The van der Waals surface area contributed by atoms with Crippen molar-refractivity contribution >= 4 is 5.57 Å². The predicted octanol–water partition coefficient (Wildman–Crippen LogP) is 7.43. The predicted molar refractivity (Wildman–Crippen MR) is 106 cm³/mol. The Labute approximate surface area is 147 Å². The molecular weight excluding hydrogens is 288 g/mol. The number of benzene rings is 2. The Balaban J connectivity index is 1.63. The van der Waals surface area contributed by atoms with E-state index in [0.717, 1.165) is 5.92 Å². The van der Waals surface area contributed by atoms with E-state index in [1.165, 1.54) is 67.2 Å². The highest BCUT2D eigenvalue weighted by Gasteiger charge is 2.15. The molecule has 0 heteroatoms. The first-order chi connectivity index (χ1) is 11.8. The Morgan fingerprint density at radius 3 is 2.04 bits per heavy atom. The lowest BCUT2D eigenvalue weighted by molar-refractivity contribution is 0.428. The standard InChI is InChI=1S/C24H30/c1-3-4-5-6-20-9-13-22(14-10-20)24-17-15-23(16-18-24)21-11-7-19(2)8-12-21/h7-8,11-13,15-18,20H,3-6,9-10,14H2,1-2H3. The van der Waals surface area contributed by atoms with Crippen molar-refractivity contribution in [1.82, 2.24) is 0 Å². The third-order valence-electron chi connectivity index (χ3n) is 5.38. The summed E-state index contributed by atoms with van der Waals surface area (Å²) in [6, 6.07) is 18.0. The molecule has 0 saturated heterocycles. The average Bonchev–Trinajstić information content (AvgIpc) is 2.63. The summed E-state index contributed by atoms with van der Waals surface area (Å²) >= 11 is 0. The largest absolute Gasteiger partial charge is 0.0804 e. The van der Waals surface area contributed by atoms with Crippen molar-refractivity contribution in [3.05, 3.63) is 65.7 Å². The summed E-state index contributed by atoms with van der Waals surface area (Å²) < 4.78 is 0. The van der Waals surface area contributed by atoms with E-state index in [-0.39, 0.29) is 0 Å². The van der Waals surface area contributed by atoms with Gasteiger partial charge in [-0.1, -0.05) is 92.8 Å². The van der Waals surface area contributed by atoms with Crippen LogP contribution in [0, 0.1) is 12.8 Å². The van der Waals surface area contributed by atoms with Gasteiger partial charge in [-0.3, -0.25) is 0 Å². The molecule has 2 aromatic rings. The molecule has 126 valence electrons. The van der Waals surface area contributed by atoms with Gasteiger partial charge in [-0.05, 0) is 54.4 Å². The second kappa shape index (κ2) is 8.33. The summed E-state index contributed by atoms with van der Waals surface area (Å²) in [6.07, 6.45) is 12.0. The maximum Gasteiger partial charge on any atom is -0.0184 e. The minimum atomic E-state index is 0.923. The molecule has 1 unspecified atom stereocenters. The number of aryl methyl sites for hydroxylation is 1. The van der Waals surface area contributed by atoms with Crippen LogP contribution in [0.3, 0.4) is 0 Å².